The molecule has 4 nitrogen and oxygen atoms in total. The Balaban J connectivity index is 1.87. The molecule has 0 aliphatic carbocycles. The summed E-state index contributed by atoms with van der Waals surface area (Å²) in [5.41, 5.74) is 6.56. The zero-order chi connectivity index (χ0) is 16.8. The van der Waals surface area contributed by atoms with Gasteiger partial charge in [-0.15, -0.1) is 0 Å². The Morgan fingerprint density at radius 1 is 1.22 bits per heavy atom. The lowest BCUT2D eigenvalue weighted by atomic mass is 10.1. The molecule has 0 aromatic heterocycles. The monoisotopic (exact) mass is 330 g/mol. The zero-order valence-electron chi connectivity index (χ0n) is 13.4. The van der Waals surface area contributed by atoms with Gasteiger partial charge in [-0.1, -0.05) is 29.8 Å². The van der Waals surface area contributed by atoms with Gasteiger partial charge in [0.05, 0.1) is 6.21 Å². The van der Waals surface area contributed by atoms with E-state index in [0.717, 1.165) is 28.0 Å². The van der Waals surface area contributed by atoms with Crippen LogP contribution in [0.1, 0.15) is 22.3 Å². The van der Waals surface area contributed by atoms with Gasteiger partial charge in [0.25, 0.3) is 5.91 Å². The SMILES string of the molecule is Cc1cc(C)c(C)c(OCC(=O)N/N=C/c2ccc(Cl)cc2)c1. The fourth-order valence-corrected chi connectivity index (χ4v) is 2.18. The number of ether oxygens (including phenoxy) is 1. The third-order valence-electron chi connectivity index (χ3n) is 3.40. The minimum absolute atomic E-state index is 0.0817. The first-order valence-electron chi connectivity index (χ1n) is 7.24. The highest BCUT2D eigenvalue weighted by Gasteiger charge is 2.06. The summed E-state index contributed by atoms with van der Waals surface area (Å²) in [4.78, 5) is 11.8. The van der Waals surface area contributed by atoms with Crippen LogP contribution >= 0.6 is 11.6 Å². The first-order chi connectivity index (χ1) is 11.0. The topological polar surface area (TPSA) is 50.7 Å². The summed E-state index contributed by atoms with van der Waals surface area (Å²) >= 11 is 5.80. The van der Waals surface area contributed by atoms with Crippen LogP contribution in [-0.2, 0) is 4.79 Å². The lowest BCUT2D eigenvalue weighted by molar-refractivity contribution is -0.123. The van der Waals surface area contributed by atoms with Gasteiger partial charge >= 0.3 is 0 Å². The molecular weight excluding hydrogens is 312 g/mol. The molecule has 0 bridgehead atoms. The second kappa shape index (κ2) is 7.79. The molecule has 0 fully saturated rings. The van der Waals surface area contributed by atoms with Crippen LogP contribution in [0.5, 0.6) is 5.75 Å². The van der Waals surface area contributed by atoms with E-state index in [4.69, 9.17) is 16.3 Å². The quantitative estimate of drug-likeness (QED) is 0.669. The average Bonchev–Trinajstić information content (AvgIpc) is 2.51. The van der Waals surface area contributed by atoms with E-state index in [9.17, 15) is 4.79 Å². The molecule has 0 saturated heterocycles. The molecule has 0 aliphatic rings. The number of hydrazone groups is 1. The van der Waals surface area contributed by atoms with Crippen LogP contribution in [0.4, 0.5) is 0 Å². The second-order valence-electron chi connectivity index (χ2n) is 5.34. The van der Waals surface area contributed by atoms with Gasteiger partial charge in [-0.05, 0) is 61.2 Å². The van der Waals surface area contributed by atoms with E-state index in [1.807, 2.05) is 39.0 Å². The maximum Gasteiger partial charge on any atom is 0.277 e. The van der Waals surface area contributed by atoms with Crippen molar-refractivity contribution in [3.63, 3.8) is 0 Å². The van der Waals surface area contributed by atoms with Crippen LogP contribution < -0.4 is 10.2 Å². The third-order valence-corrected chi connectivity index (χ3v) is 3.65. The van der Waals surface area contributed by atoms with E-state index in [-0.39, 0.29) is 12.5 Å². The molecule has 23 heavy (non-hydrogen) atoms. The molecule has 0 saturated carbocycles. The summed E-state index contributed by atoms with van der Waals surface area (Å²) in [5.74, 6) is 0.410. The van der Waals surface area contributed by atoms with Crippen molar-refractivity contribution in [3.05, 3.63) is 63.7 Å². The number of rotatable bonds is 5. The molecule has 0 aliphatic heterocycles. The molecule has 2 aromatic carbocycles. The van der Waals surface area contributed by atoms with Crippen molar-refractivity contribution < 1.29 is 9.53 Å². The van der Waals surface area contributed by atoms with E-state index in [2.05, 4.69) is 16.6 Å². The Labute approximate surface area is 141 Å². The van der Waals surface area contributed by atoms with Crippen molar-refractivity contribution in [1.29, 1.82) is 0 Å². The summed E-state index contributed by atoms with van der Waals surface area (Å²) < 4.78 is 5.58. The number of amides is 1. The highest BCUT2D eigenvalue weighted by atomic mass is 35.5. The number of aryl methyl sites for hydroxylation is 2. The molecule has 1 amide bonds. The largest absolute Gasteiger partial charge is 0.483 e. The van der Waals surface area contributed by atoms with E-state index < -0.39 is 0 Å². The zero-order valence-corrected chi connectivity index (χ0v) is 14.1. The van der Waals surface area contributed by atoms with Crippen LogP contribution in [0.2, 0.25) is 5.02 Å². The van der Waals surface area contributed by atoms with Gasteiger partial charge in [0.15, 0.2) is 6.61 Å². The number of nitrogens with one attached hydrogen (secondary N) is 1. The number of nitrogens with zero attached hydrogens (tertiary/aromatic N) is 1. The predicted octanol–water partition coefficient (Wildman–Crippen LogP) is 3.79. The summed E-state index contributed by atoms with van der Waals surface area (Å²) in [7, 11) is 0. The Kier molecular flexibility index (Phi) is 5.77. The molecule has 0 heterocycles. The van der Waals surface area contributed by atoms with Gasteiger partial charge in [-0.25, -0.2) is 5.43 Å². The number of hydrogen-bond acceptors (Lipinski definition) is 3. The molecular formula is C18H19ClN2O2. The van der Waals surface area contributed by atoms with Crippen molar-refractivity contribution >= 4 is 23.7 Å². The average molecular weight is 331 g/mol. The third kappa shape index (κ3) is 5.11. The van der Waals surface area contributed by atoms with Gasteiger partial charge in [0.1, 0.15) is 5.75 Å². The smallest absolute Gasteiger partial charge is 0.277 e. The van der Waals surface area contributed by atoms with Crippen molar-refractivity contribution in [3.8, 4) is 5.75 Å². The van der Waals surface area contributed by atoms with Crippen molar-refractivity contribution in [1.82, 2.24) is 5.43 Å². The van der Waals surface area contributed by atoms with Crippen LogP contribution in [0.25, 0.3) is 0 Å². The fraction of sp³-hybridized carbons (Fsp3) is 0.222. The Morgan fingerprint density at radius 2 is 1.91 bits per heavy atom. The molecule has 2 rings (SSSR count). The second-order valence-corrected chi connectivity index (χ2v) is 5.77. The molecule has 0 spiro atoms. The summed E-state index contributed by atoms with van der Waals surface area (Å²) in [6.07, 6.45) is 1.55. The van der Waals surface area contributed by atoms with Crippen LogP contribution in [0.3, 0.4) is 0 Å². The Bertz CT molecular complexity index is 725. The molecule has 1 N–H and O–H groups in total. The van der Waals surface area contributed by atoms with Gasteiger partial charge in [-0.2, -0.15) is 5.10 Å². The van der Waals surface area contributed by atoms with Crippen molar-refractivity contribution in [2.75, 3.05) is 6.61 Å². The lowest BCUT2D eigenvalue weighted by Crippen LogP contribution is -2.24. The van der Waals surface area contributed by atoms with E-state index >= 15 is 0 Å². The summed E-state index contributed by atoms with van der Waals surface area (Å²) in [6, 6.07) is 11.2. The normalized spacial score (nSPS) is 10.8. The number of benzene rings is 2. The van der Waals surface area contributed by atoms with E-state index in [1.165, 1.54) is 0 Å². The van der Waals surface area contributed by atoms with Crippen molar-refractivity contribution in [2.24, 2.45) is 5.10 Å². The van der Waals surface area contributed by atoms with E-state index in [0.29, 0.717) is 5.02 Å². The minimum atomic E-state index is -0.311. The number of carbonyl (C=O) groups is 1. The first-order valence-corrected chi connectivity index (χ1v) is 7.61. The van der Waals surface area contributed by atoms with Crippen molar-refractivity contribution in [2.45, 2.75) is 20.8 Å². The Hall–Kier alpha value is -2.33. The highest BCUT2D eigenvalue weighted by Crippen LogP contribution is 2.23. The van der Waals surface area contributed by atoms with E-state index in [1.54, 1.807) is 18.3 Å². The molecule has 0 atom stereocenters. The molecule has 120 valence electrons. The summed E-state index contributed by atoms with van der Waals surface area (Å²) in [5, 5.41) is 4.55. The van der Waals surface area contributed by atoms with Crippen LogP contribution in [0, 0.1) is 20.8 Å². The maximum absolute atomic E-state index is 11.8. The number of halogens is 1. The molecule has 5 heteroatoms. The number of carbonyl (C=O) groups excluding carboxylic acids is 1. The minimum Gasteiger partial charge on any atom is -0.483 e. The van der Waals surface area contributed by atoms with Gasteiger partial charge in [0, 0.05) is 5.02 Å². The van der Waals surface area contributed by atoms with Gasteiger partial charge in [-0.3, -0.25) is 4.79 Å². The maximum atomic E-state index is 11.8. The van der Waals surface area contributed by atoms with Gasteiger partial charge < -0.3 is 4.74 Å². The summed E-state index contributed by atoms with van der Waals surface area (Å²) in [6.45, 7) is 5.91. The van der Waals surface area contributed by atoms with Crippen LogP contribution in [-0.4, -0.2) is 18.7 Å². The Morgan fingerprint density at radius 3 is 2.61 bits per heavy atom. The molecule has 2 aromatic rings. The fourth-order valence-electron chi connectivity index (χ4n) is 2.05. The predicted molar refractivity (Wildman–Crippen MR) is 93.3 cm³/mol. The lowest BCUT2D eigenvalue weighted by Gasteiger charge is -2.11. The standard InChI is InChI=1S/C18H19ClN2O2/c1-12-8-13(2)14(3)17(9-12)23-11-18(22)21-20-10-15-4-6-16(19)7-5-15/h4-10H,11H2,1-3H3,(H,21,22)/b20-10+. The first kappa shape index (κ1) is 17.0. The number of hydrogen-bond donors (Lipinski definition) is 1. The highest BCUT2D eigenvalue weighted by molar-refractivity contribution is 6.30. The van der Waals surface area contributed by atoms with Gasteiger partial charge in [0.2, 0.25) is 0 Å². The van der Waals surface area contributed by atoms with Crippen LogP contribution in [0.15, 0.2) is 41.5 Å². The molecule has 0 radical (unpaired) electrons. The molecule has 0 unspecified atom stereocenters.